The molecule has 8 heteroatoms. The van der Waals surface area contributed by atoms with Crippen LogP contribution in [0, 0.1) is 13.8 Å². The van der Waals surface area contributed by atoms with Gasteiger partial charge < -0.3 is 4.98 Å². The number of rotatable bonds is 3. The molecular weight excluding hydrogens is 308 g/mol. The summed E-state index contributed by atoms with van der Waals surface area (Å²) in [6.45, 7) is 3.30. The van der Waals surface area contributed by atoms with Crippen molar-refractivity contribution in [1.29, 1.82) is 0 Å². The Labute approximate surface area is 119 Å². The van der Waals surface area contributed by atoms with Crippen LogP contribution in [0.15, 0.2) is 27.2 Å². The molecule has 0 aliphatic rings. The number of aromatic nitrogens is 1. The van der Waals surface area contributed by atoms with Crippen molar-refractivity contribution in [2.24, 2.45) is 0 Å². The molecule has 0 spiro atoms. The van der Waals surface area contributed by atoms with E-state index in [4.69, 9.17) is 11.6 Å². The van der Waals surface area contributed by atoms with E-state index >= 15 is 0 Å². The Morgan fingerprint density at radius 1 is 1.32 bits per heavy atom. The quantitative estimate of drug-likeness (QED) is 0.912. The van der Waals surface area contributed by atoms with Crippen molar-refractivity contribution in [3.05, 3.63) is 44.1 Å². The SMILES string of the molecule is Cc1ccc(Cl)cc1NS(=O)(=O)c1sc(=O)[nH]c1C. The number of halogens is 1. The molecule has 5 nitrogen and oxygen atoms in total. The fourth-order valence-corrected chi connectivity index (χ4v) is 4.14. The summed E-state index contributed by atoms with van der Waals surface area (Å²) in [5, 5.41) is 0.433. The van der Waals surface area contributed by atoms with E-state index in [2.05, 4.69) is 9.71 Å². The van der Waals surface area contributed by atoms with E-state index in [1.807, 2.05) is 0 Å². The third-order valence-corrected chi connectivity index (χ3v) is 5.67. The molecule has 2 aromatic rings. The topological polar surface area (TPSA) is 79.0 Å². The van der Waals surface area contributed by atoms with Gasteiger partial charge in [0.2, 0.25) is 0 Å². The molecule has 0 aliphatic carbocycles. The van der Waals surface area contributed by atoms with Crippen molar-refractivity contribution in [2.45, 2.75) is 18.1 Å². The summed E-state index contributed by atoms with van der Waals surface area (Å²) >= 11 is 6.49. The molecule has 1 heterocycles. The van der Waals surface area contributed by atoms with Crippen LogP contribution in [0.2, 0.25) is 5.02 Å². The van der Waals surface area contributed by atoms with Gasteiger partial charge in [-0.25, -0.2) is 8.42 Å². The monoisotopic (exact) mass is 318 g/mol. The minimum atomic E-state index is -3.78. The molecule has 0 unspecified atom stereocenters. The van der Waals surface area contributed by atoms with Gasteiger partial charge in [-0.1, -0.05) is 29.0 Å². The number of aryl methyl sites for hydroxylation is 2. The molecular formula is C11H11ClN2O3S2. The minimum absolute atomic E-state index is 0.0168. The molecule has 0 saturated carbocycles. The second-order valence-electron chi connectivity index (χ2n) is 3.99. The lowest BCUT2D eigenvalue weighted by Crippen LogP contribution is -2.13. The lowest BCUT2D eigenvalue weighted by molar-refractivity contribution is 0.602. The molecule has 2 N–H and O–H groups in total. The van der Waals surface area contributed by atoms with E-state index in [0.717, 1.165) is 5.56 Å². The molecule has 1 aromatic carbocycles. The third kappa shape index (κ3) is 2.99. The number of H-pyrrole nitrogens is 1. The van der Waals surface area contributed by atoms with Gasteiger partial charge in [-0.3, -0.25) is 9.52 Å². The fraction of sp³-hybridized carbons (Fsp3) is 0.182. The summed E-state index contributed by atoms with van der Waals surface area (Å²) in [4.78, 5) is 13.2. The Kier molecular flexibility index (Phi) is 3.71. The number of anilines is 1. The Morgan fingerprint density at radius 2 is 2.00 bits per heavy atom. The highest BCUT2D eigenvalue weighted by Crippen LogP contribution is 2.25. The van der Waals surface area contributed by atoms with Crippen LogP contribution >= 0.6 is 22.9 Å². The standard InChI is InChI=1S/C11H11ClN2O3S2/c1-6-3-4-8(12)5-9(6)14-19(16,17)10-7(2)13-11(15)18-10/h3-5,14H,1-2H3,(H,13,15). The maximum absolute atomic E-state index is 12.2. The summed E-state index contributed by atoms with van der Waals surface area (Å²) in [7, 11) is -3.78. The van der Waals surface area contributed by atoms with Crippen LogP contribution in [0.3, 0.4) is 0 Å². The first-order chi connectivity index (χ1) is 8.79. The number of benzene rings is 1. The van der Waals surface area contributed by atoms with Gasteiger partial charge in [-0.05, 0) is 31.5 Å². The van der Waals surface area contributed by atoms with Crippen LogP contribution in [0.25, 0.3) is 0 Å². The van der Waals surface area contributed by atoms with Crippen LogP contribution in [0.5, 0.6) is 0 Å². The normalized spacial score (nSPS) is 11.5. The van der Waals surface area contributed by atoms with E-state index in [0.29, 0.717) is 27.7 Å². The minimum Gasteiger partial charge on any atom is -0.315 e. The highest BCUT2D eigenvalue weighted by Gasteiger charge is 2.21. The molecule has 0 aliphatic heterocycles. The Balaban J connectivity index is 2.45. The van der Waals surface area contributed by atoms with E-state index in [9.17, 15) is 13.2 Å². The third-order valence-electron chi connectivity index (χ3n) is 2.47. The van der Waals surface area contributed by atoms with E-state index in [1.54, 1.807) is 19.1 Å². The lowest BCUT2D eigenvalue weighted by Gasteiger charge is -2.09. The van der Waals surface area contributed by atoms with Crippen molar-refractivity contribution < 1.29 is 8.42 Å². The summed E-state index contributed by atoms with van der Waals surface area (Å²) < 4.78 is 26.8. The smallest absolute Gasteiger partial charge is 0.306 e. The summed E-state index contributed by atoms with van der Waals surface area (Å²) in [5.74, 6) is 0. The predicted octanol–water partition coefficient (Wildman–Crippen LogP) is 2.51. The number of sulfonamides is 1. The van der Waals surface area contributed by atoms with Gasteiger partial charge in [0.1, 0.15) is 0 Å². The number of aromatic amines is 1. The number of hydrogen-bond donors (Lipinski definition) is 2. The van der Waals surface area contributed by atoms with Crippen molar-refractivity contribution in [3.63, 3.8) is 0 Å². The van der Waals surface area contributed by atoms with Crippen LogP contribution in [0.1, 0.15) is 11.3 Å². The fourth-order valence-electron chi connectivity index (χ4n) is 1.54. The van der Waals surface area contributed by atoms with Crippen molar-refractivity contribution in [1.82, 2.24) is 4.98 Å². The predicted molar refractivity (Wildman–Crippen MR) is 76.7 cm³/mol. The van der Waals surface area contributed by atoms with Crippen LogP contribution in [-0.4, -0.2) is 13.4 Å². The van der Waals surface area contributed by atoms with Crippen LogP contribution < -0.4 is 9.60 Å². The van der Waals surface area contributed by atoms with E-state index < -0.39 is 14.9 Å². The van der Waals surface area contributed by atoms with E-state index in [-0.39, 0.29) is 4.21 Å². The number of nitrogens with one attached hydrogen (secondary N) is 2. The highest BCUT2D eigenvalue weighted by atomic mass is 35.5. The van der Waals surface area contributed by atoms with Gasteiger partial charge in [-0.2, -0.15) is 0 Å². The summed E-state index contributed by atoms with van der Waals surface area (Å²) in [5.41, 5.74) is 1.46. The summed E-state index contributed by atoms with van der Waals surface area (Å²) in [6, 6.07) is 4.92. The second-order valence-corrected chi connectivity index (χ2v) is 7.29. The van der Waals surface area contributed by atoms with Gasteiger partial charge in [0, 0.05) is 10.7 Å². The Hall–Kier alpha value is -1.31. The van der Waals surface area contributed by atoms with Crippen molar-refractivity contribution in [2.75, 3.05) is 4.72 Å². The summed E-state index contributed by atoms with van der Waals surface area (Å²) in [6.07, 6.45) is 0. The molecule has 0 amide bonds. The van der Waals surface area contributed by atoms with Gasteiger partial charge in [-0.15, -0.1) is 0 Å². The zero-order valence-electron chi connectivity index (χ0n) is 10.2. The molecule has 0 saturated heterocycles. The van der Waals surface area contributed by atoms with Crippen molar-refractivity contribution in [3.8, 4) is 0 Å². The van der Waals surface area contributed by atoms with Crippen LogP contribution in [-0.2, 0) is 10.0 Å². The Bertz CT molecular complexity index is 777. The molecule has 1 aromatic heterocycles. The average molecular weight is 319 g/mol. The highest BCUT2D eigenvalue weighted by molar-refractivity contribution is 7.94. The van der Waals surface area contributed by atoms with Gasteiger partial charge in [0.25, 0.3) is 10.0 Å². The first-order valence-electron chi connectivity index (χ1n) is 5.28. The van der Waals surface area contributed by atoms with Crippen LogP contribution in [0.4, 0.5) is 5.69 Å². The average Bonchev–Trinajstić information content (AvgIpc) is 2.63. The first kappa shape index (κ1) is 14.1. The van der Waals surface area contributed by atoms with Crippen molar-refractivity contribution >= 4 is 38.6 Å². The zero-order valence-corrected chi connectivity index (χ0v) is 12.5. The first-order valence-corrected chi connectivity index (χ1v) is 7.96. The second kappa shape index (κ2) is 4.99. The molecule has 0 fully saturated rings. The number of thiazole rings is 1. The Morgan fingerprint density at radius 3 is 2.58 bits per heavy atom. The zero-order chi connectivity index (χ0) is 14.2. The maximum atomic E-state index is 12.2. The maximum Gasteiger partial charge on any atom is 0.306 e. The number of hydrogen-bond acceptors (Lipinski definition) is 4. The molecule has 2 rings (SSSR count). The van der Waals surface area contributed by atoms with E-state index in [1.165, 1.54) is 13.0 Å². The largest absolute Gasteiger partial charge is 0.315 e. The molecule has 102 valence electrons. The van der Waals surface area contributed by atoms with Gasteiger partial charge in [0.05, 0.1) is 5.69 Å². The molecule has 0 atom stereocenters. The molecule has 0 radical (unpaired) electrons. The van der Waals surface area contributed by atoms with Gasteiger partial charge in [0.15, 0.2) is 4.21 Å². The lowest BCUT2D eigenvalue weighted by atomic mass is 10.2. The molecule has 19 heavy (non-hydrogen) atoms. The van der Waals surface area contributed by atoms with Gasteiger partial charge >= 0.3 is 4.87 Å². The molecule has 0 bridgehead atoms.